The molecule has 0 fully saturated rings. The molecule has 2 rings (SSSR count). The summed E-state index contributed by atoms with van der Waals surface area (Å²) in [7, 11) is 2.91. The van der Waals surface area contributed by atoms with Crippen molar-refractivity contribution < 1.29 is 33.4 Å². The second-order valence-corrected chi connectivity index (χ2v) is 6.13. The van der Waals surface area contributed by atoms with Crippen molar-refractivity contribution in [3.63, 3.8) is 0 Å². The smallest absolute Gasteiger partial charge is 0.325 e. The molecule has 0 atom stereocenters. The van der Waals surface area contributed by atoms with Crippen molar-refractivity contribution in [2.75, 3.05) is 32.7 Å². The highest BCUT2D eigenvalue weighted by molar-refractivity contribution is 5.98. The lowest BCUT2D eigenvalue weighted by Crippen LogP contribution is -2.32. The summed E-state index contributed by atoms with van der Waals surface area (Å²) in [6.07, 6.45) is 0. The lowest BCUT2D eigenvalue weighted by atomic mass is 10.1. The van der Waals surface area contributed by atoms with Crippen molar-refractivity contribution in [3.05, 3.63) is 53.6 Å². The average Bonchev–Trinajstić information content (AvgIpc) is 2.75. The molecule has 0 heterocycles. The van der Waals surface area contributed by atoms with Gasteiger partial charge in [-0.3, -0.25) is 19.2 Å². The largest absolute Gasteiger partial charge is 0.497 e. The van der Waals surface area contributed by atoms with Crippen LogP contribution in [0.1, 0.15) is 27.6 Å². The normalized spacial score (nSPS) is 9.97. The lowest BCUT2D eigenvalue weighted by Gasteiger charge is -2.10. The third-order valence-electron chi connectivity index (χ3n) is 3.95. The summed E-state index contributed by atoms with van der Waals surface area (Å²) >= 11 is 0. The summed E-state index contributed by atoms with van der Waals surface area (Å²) in [5.41, 5.74) is 1.22. The number of esters is 1. The maximum atomic E-state index is 12.2. The fraction of sp³-hybridized carbons (Fsp3) is 0.238. The van der Waals surface area contributed by atoms with E-state index >= 15 is 0 Å². The molecule has 9 heteroatoms. The third kappa shape index (κ3) is 6.62. The number of Topliss-reactive ketones (excluding diaryl/α,β-unsaturated/α-hetero) is 1. The second kappa shape index (κ2) is 10.6. The predicted molar refractivity (Wildman–Crippen MR) is 108 cm³/mol. The Morgan fingerprint density at radius 1 is 0.867 bits per heavy atom. The van der Waals surface area contributed by atoms with Crippen LogP contribution < -0.4 is 20.1 Å². The number of ketones is 1. The Balaban J connectivity index is 1.79. The predicted octanol–water partition coefficient (Wildman–Crippen LogP) is 1.82. The molecule has 158 valence electrons. The van der Waals surface area contributed by atoms with Gasteiger partial charge in [-0.15, -0.1) is 0 Å². The fourth-order valence-electron chi connectivity index (χ4n) is 2.38. The molecule has 0 aliphatic heterocycles. The number of nitrogens with one attached hydrogen (secondary N) is 2. The first-order chi connectivity index (χ1) is 14.3. The number of hydrogen-bond acceptors (Lipinski definition) is 7. The van der Waals surface area contributed by atoms with E-state index in [1.807, 2.05) is 0 Å². The van der Waals surface area contributed by atoms with Crippen LogP contribution in [0.2, 0.25) is 0 Å². The number of amides is 2. The number of carbonyl (C=O) groups excluding carboxylic acids is 4. The molecule has 0 spiro atoms. The summed E-state index contributed by atoms with van der Waals surface area (Å²) in [5, 5.41) is 4.94. The van der Waals surface area contributed by atoms with E-state index in [2.05, 4.69) is 10.6 Å². The molecule has 0 saturated heterocycles. The van der Waals surface area contributed by atoms with Crippen molar-refractivity contribution in [1.82, 2.24) is 5.32 Å². The zero-order chi connectivity index (χ0) is 22.1. The van der Waals surface area contributed by atoms with E-state index in [0.717, 1.165) is 0 Å². The van der Waals surface area contributed by atoms with E-state index in [1.165, 1.54) is 33.3 Å². The van der Waals surface area contributed by atoms with Gasteiger partial charge < -0.3 is 24.8 Å². The molecule has 0 aromatic heterocycles. The van der Waals surface area contributed by atoms with Gasteiger partial charge in [-0.05, 0) is 43.3 Å². The molecule has 0 saturated carbocycles. The van der Waals surface area contributed by atoms with Gasteiger partial charge in [0, 0.05) is 22.9 Å². The van der Waals surface area contributed by atoms with E-state index < -0.39 is 30.9 Å². The van der Waals surface area contributed by atoms with E-state index in [4.69, 9.17) is 14.2 Å². The van der Waals surface area contributed by atoms with E-state index in [9.17, 15) is 19.2 Å². The average molecular weight is 414 g/mol. The third-order valence-corrected chi connectivity index (χ3v) is 3.95. The number of carbonyl (C=O) groups is 4. The van der Waals surface area contributed by atoms with Gasteiger partial charge in [0.25, 0.3) is 11.8 Å². The molecular formula is C21H22N2O7. The van der Waals surface area contributed by atoms with Crippen molar-refractivity contribution in [2.24, 2.45) is 0 Å². The zero-order valence-corrected chi connectivity index (χ0v) is 16.8. The Labute approximate surface area is 173 Å². The van der Waals surface area contributed by atoms with Crippen LogP contribution in [0.3, 0.4) is 0 Å². The number of methoxy groups -OCH3 is 2. The van der Waals surface area contributed by atoms with Crippen LogP contribution in [0.5, 0.6) is 11.5 Å². The number of rotatable bonds is 9. The van der Waals surface area contributed by atoms with Crippen LogP contribution in [0, 0.1) is 0 Å². The topological polar surface area (TPSA) is 120 Å². The highest BCUT2D eigenvalue weighted by Gasteiger charge is 2.13. The second-order valence-electron chi connectivity index (χ2n) is 6.13. The highest BCUT2D eigenvalue weighted by atomic mass is 16.5. The standard InChI is InChI=1S/C21H22N2O7/c1-13(24)14-4-6-16(7-5-14)23-19(25)12-30-20(26)11-22-21(27)15-8-17(28-2)10-18(9-15)29-3/h4-10H,11-12H2,1-3H3,(H,22,27)(H,23,25). The van der Waals surface area contributed by atoms with E-state index in [0.29, 0.717) is 22.7 Å². The Morgan fingerprint density at radius 2 is 1.47 bits per heavy atom. The summed E-state index contributed by atoms with van der Waals surface area (Å²) in [6.45, 7) is 0.506. The van der Waals surface area contributed by atoms with Crippen LogP contribution in [0.4, 0.5) is 5.69 Å². The molecule has 2 aromatic carbocycles. The number of benzene rings is 2. The molecule has 9 nitrogen and oxygen atoms in total. The van der Waals surface area contributed by atoms with Gasteiger partial charge in [-0.2, -0.15) is 0 Å². The maximum Gasteiger partial charge on any atom is 0.325 e. The molecule has 0 aliphatic carbocycles. The van der Waals surface area contributed by atoms with Crippen LogP contribution in [-0.4, -0.2) is 50.9 Å². The van der Waals surface area contributed by atoms with E-state index in [-0.39, 0.29) is 11.3 Å². The van der Waals surface area contributed by atoms with Crippen molar-refractivity contribution in [2.45, 2.75) is 6.92 Å². The zero-order valence-electron chi connectivity index (χ0n) is 16.8. The Bertz CT molecular complexity index is 917. The molecule has 0 bridgehead atoms. The first kappa shape index (κ1) is 22.4. The quantitative estimate of drug-likeness (QED) is 0.474. The van der Waals surface area contributed by atoms with Crippen molar-refractivity contribution in [1.29, 1.82) is 0 Å². The molecule has 2 N–H and O–H groups in total. The Kier molecular flexibility index (Phi) is 7.92. The van der Waals surface area contributed by atoms with Gasteiger partial charge in [0.15, 0.2) is 12.4 Å². The van der Waals surface area contributed by atoms with Crippen LogP contribution in [-0.2, 0) is 14.3 Å². The molecule has 0 aliphatic rings. The number of ether oxygens (including phenoxy) is 3. The number of anilines is 1. The van der Waals surface area contributed by atoms with Crippen LogP contribution >= 0.6 is 0 Å². The maximum absolute atomic E-state index is 12.2. The molecule has 2 aromatic rings. The van der Waals surface area contributed by atoms with E-state index in [1.54, 1.807) is 30.3 Å². The van der Waals surface area contributed by atoms with Crippen molar-refractivity contribution >= 4 is 29.3 Å². The highest BCUT2D eigenvalue weighted by Crippen LogP contribution is 2.22. The van der Waals surface area contributed by atoms with Crippen molar-refractivity contribution in [3.8, 4) is 11.5 Å². The van der Waals surface area contributed by atoms with Gasteiger partial charge in [-0.1, -0.05) is 0 Å². The summed E-state index contributed by atoms with van der Waals surface area (Å²) < 4.78 is 15.0. The molecule has 0 unspecified atom stereocenters. The first-order valence-electron chi connectivity index (χ1n) is 8.90. The monoisotopic (exact) mass is 414 g/mol. The van der Waals surface area contributed by atoms with Crippen LogP contribution in [0.15, 0.2) is 42.5 Å². The minimum atomic E-state index is -0.778. The van der Waals surface area contributed by atoms with Gasteiger partial charge in [0.05, 0.1) is 14.2 Å². The number of hydrogen-bond donors (Lipinski definition) is 2. The first-order valence-corrected chi connectivity index (χ1v) is 8.90. The minimum Gasteiger partial charge on any atom is -0.497 e. The lowest BCUT2D eigenvalue weighted by molar-refractivity contribution is -0.146. The molecule has 30 heavy (non-hydrogen) atoms. The van der Waals surface area contributed by atoms with Crippen LogP contribution in [0.25, 0.3) is 0 Å². The fourth-order valence-corrected chi connectivity index (χ4v) is 2.38. The molecular weight excluding hydrogens is 392 g/mol. The van der Waals surface area contributed by atoms with Gasteiger partial charge in [-0.25, -0.2) is 0 Å². The Morgan fingerprint density at radius 3 is 2.00 bits per heavy atom. The summed E-state index contributed by atoms with van der Waals surface area (Å²) in [6, 6.07) is 10.9. The minimum absolute atomic E-state index is 0.0868. The Hall–Kier alpha value is -3.88. The molecule has 2 amide bonds. The van der Waals surface area contributed by atoms with Gasteiger partial charge in [0.2, 0.25) is 0 Å². The SMILES string of the molecule is COc1cc(OC)cc(C(=O)NCC(=O)OCC(=O)Nc2ccc(C(C)=O)cc2)c1. The summed E-state index contributed by atoms with van der Waals surface area (Å²) in [5.74, 6) is -1.09. The summed E-state index contributed by atoms with van der Waals surface area (Å²) in [4.78, 5) is 47.1. The van der Waals surface area contributed by atoms with Gasteiger partial charge >= 0.3 is 5.97 Å². The van der Waals surface area contributed by atoms with Gasteiger partial charge in [0.1, 0.15) is 18.0 Å². The molecule has 0 radical (unpaired) electrons.